The van der Waals surface area contributed by atoms with E-state index in [-0.39, 0.29) is 22.4 Å². The van der Waals surface area contributed by atoms with E-state index in [9.17, 15) is 13.2 Å². The lowest BCUT2D eigenvalue weighted by Gasteiger charge is -2.18. The Morgan fingerprint density at radius 1 is 1.29 bits per heavy atom. The summed E-state index contributed by atoms with van der Waals surface area (Å²) in [6.45, 7) is 10.2. The first-order valence-electron chi connectivity index (χ1n) is 12.7. The summed E-state index contributed by atoms with van der Waals surface area (Å²) < 4.78 is 35.9. The van der Waals surface area contributed by atoms with Gasteiger partial charge in [0.25, 0.3) is 0 Å². The lowest BCUT2D eigenvalue weighted by molar-refractivity contribution is -0.124. The van der Waals surface area contributed by atoms with E-state index in [1.165, 1.54) is 0 Å². The molecule has 2 aromatic rings. The van der Waals surface area contributed by atoms with Gasteiger partial charge in [0.2, 0.25) is 10.0 Å². The number of nitrogens with zero attached hydrogens (tertiary/aromatic N) is 3. The van der Waals surface area contributed by atoms with Crippen LogP contribution in [-0.2, 0) is 32.7 Å². The second-order valence-electron chi connectivity index (χ2n) is 11.0. The molecular formula is C25H37N5O4S. The Hall–Kier alpha value is -2.04. The minimum absolute atomic E-state index is 0.0207. The van der Waals surface area contributed by atoms with Crippen LogP contribution in [0, 0.1) is 29.1 Å². The number of fused-ring (bicyclic) bond motifs is 1. The van der Waals surface area contributed by atoms with Crippen molar-refractivity contribution < 1.29 is 17.9 Å². The number of nitrogens with two attached hydrogens (primary N) is 1. The molecule has 0 aromatic carbocycles. The predicted molar refractivity (Wildman–Crippen MR) is 134 cm³/mol. The fourth-order valence-corrected chi connectivity index (χ4v) is 8.66. The topological polar surface area (TPSA) is 129 Å². The van der Waals surface area contributed by atoms with Crippen LogP contribution in [0.1, 0.15) is 64.4 Å². The zero-order chi connectivity index (χ0) is 25.2. The number of unbranched alkanes of at least 4 members (excludes halogenated alkanes) is 1. The molecule has 3 saturated carbocycles. The summed E-state index contributed by atoms with van der Waals surface area (Å²) in [7, 11) is -3.43. The number of aromatic nitrogens is 3. The Morgan fingerprint density at radius 3 is 2.74 bits per heavy atom. The number of nitrogen functional groups attached to an aromatic ring is 1. The number of anilines is 1. The fourth-order valence-electron chi connectivity index (χ4n) is 7.49. The molecule has 10 heteroatoms. The van der Waals surface area contributed by atoms with Gasteiger partial charge in [-0.15, -0.1) is 0 Å². The molecule has 5 rings (SSSR count). The highest BCUT2D eigenvalue weighted by molar-refractivity contribution is 7.89. The van der Waals surface area contributed by atoms with Gasteiger partial charge in [-0.2, -0.15) is 0 Å². The standard InChI is InChI=1S/C25H37N5O4S/c1-5-34-15-20-29-21-18(12-16(2)28-22(21)26)30(20)10-7-6-9-27-35(32,33)11-8-24-19(31)13-17-14-25(17,24)23(24,3)4/h12,17,27H,5-11,13-15H2,1-4H3,(H2,26,28)/t17-,24-,25?/m0/s1. The SMILES string of the molecule is CCOCc1nc2c(N)nc(C)cc2n1CCCCNS(=O)(=O)CC[C@@]12C(=O)C[C@H]3CC31C2(C)C. The first-order valence-corrected chi connectivity index (χ1v) is 14.4. The number of carbonyl (C=O) groups is 1. The molecule has 1 spiro atoms. The lowest BCUT2D eigenvalue weighted by atomic mass is 9.87. The molecular weight excluding hydrogens is 466 g/mol. The Kier molecular flexibility index (Phi) is 5.80. The zero-order valence-corrected chi connectivity index (χ0v) is 22.0. The fraction of sp³-hybridized carbons (Fsp3) is 0.720. The summed E-state index contributed by atoms with van der Waals surface area (Å²) in [5.74, 6) is 1.99. The lowest BCUT2D eigenvalue weighted by Crippen LogP contribution is -2.31. The largest absolute Gasteiger partial charge is 0.382 e. The molecule has 0 aliphatic heterocycles. The van der Waals surface area contributed by atoms with Crippen molar-refractivity contribution in [3.63, 3.8) is 0 Å². The van der Waals surface area contributed by atoms with Crippen molar-refractivity contribution >= 4 is 32.7 Å². The maximum absolute atomic E-state index is 12.7. The Balaban J connectivity index is 1.15. The molecule has 2 heterocycles. The number of carbonyl (C=O) groups excluding carboxylic acids is 1. The molecule has 3 fully saturated rings. The molecule has 3 atom stereocenters. The number of imidazole rings is 1. The smallest absolute Gasteiger partial charge is 0.211 e. The summed E-state index contributed by atoms with van der Waals surface area (Å²) in [4.78, 5) is 21.7. The molecule has 9 nitrogen and oxygen atoms in total. The van der Waals surface area contributed by atoms with Crippen LogP contribution in [0.15, 0.2) is 6.07 Å². The van der Waals surface area contributed by atoms with Gasteiger partial charge in [-0.25, -0.2) is 23.1 Å². The molecule has 35 heavy (non-hydrogen) atoms. The predicted octanol–water partition coefficient (Wildman–Crippen LogP) is 2.95. The second-order valence-corrected chi connectivity index (χ2v) is 13.0. The summed E-state index contributed by atoms with van der Waals surface area (Å²) in [6.07, 6.45) is 3.64. The molecule has 0 amide bonds. The number of sulfonamides is 1. The van der Waals surface area contributed by atoms with Crippen LogP contribution in [-0.4, -0.2) is 47.6 Å². The van der Waals surface area contributed by atoms with Crippen molar-refractivity contribution in [1.82, 2.24) is 19.3 Å². The number of hydrogen-bond donors (Lipinski definition) is 2. The van der Waals surface area contributed by atoms with E-state index in [1.807, 2.05) is 19.9 Å². The maximum Gasteiger partial charge on any atom is 0.211 e. The average Bonchev–Trinajstić information content (AvgIpc) is 3.48. The second kappa shape index (κ2) is 8.24. The van der Waals surface area contributed by atoms with E-state index < -0.39 is 15.4 Å². The molecule has 3 N–H and O–H groups in total. The number of ketones is 1. The van der Waals surface area contributed by atoms with Crippen LogP contribution in [0.25, 0.3) is 11.0 Å². The van der Waals surface area contributed by atoms with Crippen LogP contribution in [0.4, 0.5) is 5.82 Å². The van der Waals surface area contributed by atoms with Crippen LogP contribution >= 0.6 is 0 Å². The van der Waals surface area contributed by atoms with Crippen LogP contribution in [0.3, 0.4) is 0 Å². The van der Waals surface area contributed by atoms with E-state index in [0.717, 1.165) is 29.9 Å². The number of ether oxygens (including phenoxy) is 1. The number of hydrogen-bond acceptors (Lipinski definition) is 7. The Bertz CT molecular complexity index is 1290. The van der Waals surface area contributed by atoms with Gasteiger partial charge in [0.05, 0.1) is 11.3 Å². The number of pyridine rings is 1. The van der Waals surface area contributed by atoms with Gasteiger partial charge in [0, 0.05) is 37.2 Å². The van der Waals surface area contributed by atoms with Gasteiger partial charge < -0.3 is 15.0 Å². The highest BCUT2D eigenvalue weighted by Gasteiger charge is 2.96. The molecule has 0 bridgehead atoms. The number of Topliss-reactive ketones (excluding diaryl/α,β-unsaturated/α-hetero) is 1. The van der Waals surface area contributed by atoms with Crippen LogP contribution in [0.2, 0.25) is 0 Å². The van der Waals surface area contributed by atoms with Gasteiger partial charge in [-0.05, 0) is 62.3 Å². The quantitative estimate of drug-likeness (QED) is 0.426. The van der Waals surface area contributed by atoms with Crippen molar-refractivity contribution in [1.29, 1.82) is 0 Å². The van der Waals surface area contributed by atoms with Gasteiger partial charge in [0.15, 0.2) is 5.82 Å². The van der Waals surface area contributed by atoms with Crippen LogP contribution in [0.5, 0.6) is 0 Å². The third kappa shape index (κ3) is 3.54. The first kappa shape index (κ1) is 24.6. The van der Waals surface area contributed by atoms with E-state index in [0.29, 0.717) is 62.8 Å². The molecule has 3 aliphatic rings. The summed E-state index contributed by atoms with van der Waals surface area (Å²) in [6, 6.07) is 1.97. The van der Waals surface area contributed by atoms with Gasteiger partial charge in [-0.1, -0.05) is 13.8 Å². The molecule has 2 aromatic heterocycles. The van der Waals surface area contributed by atoms with E-state index in [4.69, 9.17) is 10.5 Å². The average molecular weight is 504 g/mol. The van der Waals surface area contributed by atoms with Crippen molar-refractivity contribution in [3.05, 3.63) is 17.6 Å². The maximum atomic E-state index is 12.7. The third-order valence-corrected chi connectivity index (χ3v) is 10.6. The number of rotatable bonds is 12. The molecule has 1 unspecified atom stereocenters. The normalized spacial score (nSPS) is 28.3. The zero-order valence-electron chi connectivity index (χ0n) is 21.2. The Labute approximate surface area is 207 Å². The third-order valence-electron chi connectivity index (χ3n) is 9.18. The first-order chi connectivity index (χ1) is 16.5. The minimum Gasteiger partial charge on any atom is -0.382 e. The summed E-state index contributed by atoms with van der Waals surface area (Å²) in [5, 5.41) is 0. The number of aryl methyl sites for hydroxylation is 2. The minimum atomic E-state index is -3.43. The van der Waals surface area contributed by atoms with Crippen molar-refractivity contribution in [2.45, 2.75) is 73.0 Å². The van der Waals surface area contributed by atoms with Crippen LogP contribution < -0.4 is 10.5 Å². The summed E-state index contributed by atoms with van der Waals surface area (Å²) >= 11 is 0. The highest BCUT2D eigenvalue weighted by atomic mass is 32.2. The van der Waals surface area contributed by atoms with Crippen molar-refractivity contribution in [2.75, 3.05) is 24.6 Å². The number of nitrogens with one attached hydrogen (secondary N) is 1. The van der Waals surface area contributed by atoms with Crippen molar-refractivity contribution in [2.24, 2.45) is 22.2 Å². The van der Waals surface area contributed by atoms with Gasteiger partial charge in [-0.3, -0.25) is 4.79 Å². The highest BCUT2D eigenvalue weighted by Crippen LogP contribution is 2.97. The monoisotopic (exact) mass is 503 g/mol. The molecule has 192 valence electrons. The Morgan fingerprint density at radius 2 is 2.06 bits per heavy atom. The van der Waals surface area contributed by atoms with E-state index >= 15 is 0 Å². The molecule has 0 saturated heterocycles. The van der Waals surface area contributed by atoms with Crippen molar-refractivity contribution in [3.8, 4) is 0 Å². The van der Waals surface area contributed by atoms with Gasteiger partial charge in [0.1, 0.15) is 23.7 Å². The molecule has 3 aliphatic carbocycles. The van der Waals surface area contributed by atoms with E-state index in [2.05, 4.69) is 33.1 Å². The van der Waals surface area contributed by atoms with Gasteiger partial charge >= 0.3 is 0 Å². The van der Waals surface area contributed by atoms with E-state index in [1.54, 1.807) is 0 Å². The molecule has 0 radical (unpaired) electrons. The summed E-state index contributed by atoms with van der Waals surface area (Å²) in [5.41, 5.74) is 8.13.